The number of ether oxygens (including phenoxy) is 1. The van der Waals surface area contributed by atoms with Gasteiger partial charge in [-0.05, 0) is 42.2 Å². The lowest BCUT2D eigenvalue weighted by molar-refractivity contribution is -0.117. The molecule has 0 spiro atoms. The summed E-state index contributed by atoms with van der Waals surface area (Å²) in [4.78, 5) is 13.9. The molecule has 0 radical (unpaired) electrons. The van der Waals surface area contributed by atoms with Crippen LogP contribution in [0.5, 0.6) is 0 Å². The van der Waals surface area contributed by atoms with Crippen LogP contribution in [0.15, 0.2) is 107 Å². The molecule has 3 aromatic carbocycles. The number of rotatable bonds is 11. The van der Waals surface area contributed by atoms with E-state index in [1.54, 1.807) is 12.1 Å². The molecule has 0 bridgehead atoms. The van der Waals surface area contributed by atoms with Gasteiger partial charge in [-0.2, -0.15) is 5.26 Å². The third kappa shape index (κ3) is 7.10. The van der Waals surface area contributed by atoms with Crippen molar-refractivity contribution in [2.45, 2.75) is 25.2 Å². The average molecular weight is 561 g/mol. The second kappa shape index (κ2) is 14.0. The molecule has 1 heterocycles. The minimum Gasteiger partial charge on any atom is -0.374 e. The molecular weight excluding hydrogens is 529 g/mol. The summed E-state index contributed by atoms with van der Waals surface area (Å²) in [5.74, 6) is -0.371. The summed E-state index contributed by atoms with van der Waals surface area (Å²) in [6.07, 6.45) is 0.709. The van der Waals surface area contributed by atoms with E-state index < -0.39 is 5.92 Å². The number of hydrogen-bond donors (Lipinski definition) is 2. The van der Waals surface area contributed by atoms with E-state index in [2.05, 4.69) is 41.0 Å². The Morgan fingerprint density at radius 3 is 2.31 bits per heavy atom. The molecule has 0 aliphatic carbocycles. The van der Waals surface area contributed by atoms with E-state index in [1.165, 1.54) is 11.1 Å². The van der Waals surface area contributed by atoms with Crippen molar-refractivity contribution in [1.82, 2.24) is 10.6 Å². The van der Waals surface area contributed by atoms with Gasteiger partial charge < -0.3 is 15.4 Å². The Labute approximate surface area is 240 Å². The normalized spacial score (nSPS) is 15.2. The van der Waals surface area contributed by atoms with Crippen LogP contribution in [0.1, 0.15) is 41.9 Å². The highest BCUT2D eigenvalue weighted by Gasteiger charge is 2.34. The monoisotopic (exact) mass is 559 g/mol. The quantitative estimate of drug-likeness (QED) is 0.203. The number of carbonyl (C=O) groups excluding carboxylic acids is 1. The highest BCUT2D eigenvalue weighted by Crippen LogP contribution is 2.38. The molecular formula is C32H31Cl2N3O2. The number of benzene rings is 3. The number of allylic oxidation sites excluding steroid dienone is 2. The molecule has 0 aromatic heterocycles. The van der Waals surface area contributed by atoms with Gasteiger partial charge in [0.1, 0.15) is 0 Å². The van der Waals surface area contributed by atoms with Crippen molar-refractivity contribution in [3.05, 3.63) is 129 Å². The largest absolute Gasteiger partial charge is 0.374 e. The molecule has 0 saturated heterocycles. The van der Waals surface area contributed by atoms with Gasteiger partial charge in [-0.1, -0.05) is 84.4 Å². The molecule has 2 N–H and O–H groups in total. The molecule has 39 heavy (non-hydrogen) atoms. The van der Waals surface area contributed by atoms with Gasteiger partial charge in [0, 0.05) is 29.1 Å². The molecule has 1 atom stereocenters. The average Bonchev–Trinajstić information content (AvgIpc) is 2.96. The van der Waals surface area contributed by atoms with Crippen LogP contribution in [0.3, 0.4) is 0 Å². The van der Waals surface area contributed by atoms with Gasteiger partial charge in [0.05, 0.1) is 42.0 Å². The number of nitrogens with zero attached hydrogens (tertiary/aromatic N) is 1. The SMILES string of the molecule is CC1=C(C#N)C(c2cccc(Cl)c2)C(C(=O)NCCC(c2ccccc2)c2ccccc2)=C(COCCCl)N1. The van der Waals surface area contributed by atoms with Gasteiger partial charge in [0.15, 0.2) is 0 Å². The van der Waals surface area contributed by atoms with Crippen LogP contribution >= 0.6 is 23.2 Å². The minimum atomic E-state index is -0.580. The standard InChI is InChI=1S/C32H31Cl2N3O2/c1-22-28(20-35)30(25-13-8-14-26(34)19-25)31(29(37-22)21-39-18-16-33)32(38)36-17-15-27(23-9-4-2-5-10-23)24-11-6-3-7-12-24/h2-14,19,27,30,37H,15-18,21H2,1H3,(H,36,38). The van der Waals surface area contributed by atoms with Gasteiger partial charge in [0.2, 0.25) is 5.91 Å². The van der Waals surface area contributed by atoms with Gasteiger partial charge >= 0.3 is 0 Å². The van der Waals surface area contributed by atoms with Crippen molar-refractivity contribution in [1.29, 1.82) is 5.26 Å². The van der Waals surface area contributed by atoms with E-state index in [-0.39, 0.29) is 18.4 Å². The molecule has 4 rings (SSSR count). The van der Waals surface area contributed by atoms with E-state index in [9.17, 15) is 10.1 Å². The Bertz CT molecular complexity index is 1340. The number of amides is 1. The summed E-state index contributed by atoms with van der Waals surface area (Å²) < 4.78 is 5.72. The number of hydrogen-bond acceptors (Lipinski definition) is 4. The van der Waals surface area contributed by atoms with Crippen molar-refractivity contribution in [2.75, 3.05) is 25.6 Å². The van der Waals surface area contributed by atoms with Crippen LogP contribution in [-0.2, 0) is 9.53 Å². The molecule has 1 amide bonds. The topological polar surface area (TPSA) is 74.2 Å². The number of halogens is 2. The van der Waals surface area contributed by atoms with Crippen LogP contribution < -0.4 is 10.6 Å². The van der Waals surface area contributed by atoms with Crippen LogP contribution in [0.4, 0.5) is 0 Å². The van der Waals surface area contributed by atoms with E-state index in [4.69, 9.17) is 27.9 Å². The predicted molar refractivity (Wildman–Crippen MR) is 157 cm³/mol. The Hall–Kier alpha value is -3.56. The molecule has 3 aromatic rings. The fourth-order valence-corrected chi connectivity index (χ4v) is 5.30. The number of nitriles is 1. The fraction of sp³-hybridized carbons (Fsp3) is 0.250. The summed E-state index contributed by atoms with van der Waals surface area (Å²) in [6, 6.07) is 30.2. The lowest BCUT2D eigenvalue weighted by atomic mass is 9.80. The number of carbonyl (C=O) groups is 1. The van der Waals surface area contributed by atoms with Crippen LogP contribution in [-0.4, -0.2) is 31.5 Å². The molecule has 7 heteroatoms. The van der Waals surface area contributed by atoms with Gasteiger partial charge in [-0.25, -0.2) is 0 Å². The maximum atomic E-state index is 13.9. The van der Waals surface area contributed by atoms with Crippen molar-refractivity contribution < 1.29 is 9.53 Å². The molecule has 5 nitrogen and oxygen atoms in total. The lowest BCUT2D eigenvalue weighted by Crippen LogP contribution is -2.37. The van der Waals surface area contributed by atoms with Crippen LogP contribution in [0.2, 0.25) is 5.02 Å². The van der Waals surface area contributed by atoms with Crippen molar-refractivity contribution in [2.24, 2.45) is 0 Å². The summed E-state index contributed by atoms with van der Waals surface area (Å²) >= 11 is 12.1. The summed E-state index contributed by atoms with van der Waals surface area (Å²) in [5.41, 5.74) is 5.35. The zero-order valence-corrected chi connectivity index (χ0v) is 23.3. The fourth-order valence-electron chi connectivity index (χ4n) is 5.00. The number of dihydropyridines is 1. The first-order valence-electron chi connectivity index (χ1n) is 12.9. The third-order valence-electron chi connectivity index (χ3n) is 6.78. The maximum Gasteiger partial charge on any atom is 0.250 e. The first-order valence-corrected chi connectivity index (χ1v) is 13.8. The smallest absolute Gasteiger partial charge is 0.250 e. The Kier molecular flexibility index (Phi) is 10.2. The summed E-state index contributed by atoms with van der Waals surface area (Å²) in [5, 5.41) is 17.0. The molecule has 1 aliphatic rings. The van der Waals surface area contributed by atoms with E-state index >= 15 is 0 Å². The second-order valence-corrected chi connectivity index (χ2v) is 10.1. The maximum absolute atomic E-state index is 13.9. The van der Waals surface area contributed by atoms with Gasteiger partial charge in [-0.15, -0.1) is 11.6 Å². The van der Waals surface area contributed by atoms with E-state index in [1.807, 2.05) is 55.5 Å². The predicted octanol–water partition coefficient (Wildman–Crippen LogP) is 6.67. The molecule has 200 valence electrons. The highest BCUT2D eigenvalue weighted by molar-refractivity contribution is 6.30. The van der Waals surface area contributed by atoms with Crippen LogP contribution in [0, 0.1) is 11.3 Å². The molecule has 0 saturated carbocycles. The third-order valence-corrected chi connectivity index (χ3v) is 7.17. The van der Waals surface area contributed by atoms with E-state index in [0.29, 0.717) is 53.0 Å². The van der Waals surface area contributed by atoms with Crippen molar-refractivity contribution in [3.8, 4) is 6.07 Å². The van der Waals surface area contributed by atoms with Gasteiger partial charge in [-0.3, -0.25) is 4.79 Å². The first kappa shape index (κ1) is 28.4. The highest BCUT2D eigenvalue weighted by atomic mass is 35.5. The zero-order chi connectivity index (χ0) is 27.6. The summed E-state index contributed by atoms with van der Waals surface area (Å²) in [7, 11) is 0. The van der Waals surface area contributed by atoms with E-state index in [0.717, 1.165) is 5.56 Å². The molecule has 1 aliphatic heterocycles. The first-order chi connectivity index (χ1) is 19.0. The summed E-state index contributed by atoms with van der Waals surface area (Å²) in [6.45, 7) is 2.78. The number of alkyl halides is 1. The molecule has 1 unspecified atom stereocenters. The Morgan fingerprint density at radius 2 is 1.72 bits per heavy atom. The molecule has 0 fully saturated rings. The lowest BCUT2D eigenvalue weighted by Gasteiger charge is -2.30. The van der Waals surface area contributed by atoms with Crippen molar-refractivity contribution in [3.63, 3.8) is 0 Å². The van der Waals surface area contributed by atoms with Crippen molar-refractivity contribution >= 4 is 29.1 Å². The van der Waals surface area contributed by atoms with Crippen LogP contribution in [0.25, 0.3) is 0 Å². The second-order valence-electron chi connectivity index (χ2n) is 9.32. The Balaban J connectivity index is 1.63. The Morgan fingerprint density at radius 1 is 1.05 bits per heavy atom. The minimum absolute atomic E-state index is 0.123. The zero-order valence-electron chi connectivity index (χ0n) is 21.8. The van der Waals surface area contributed by atoms with Gasteiger partial charge in [0.25, 0.3) is 0 Å². The number of nitrogens with one attached hydrogen (secondary N) is 2.